The number of amides is 2. The molecule has 2 amide bonds. The van der Waals surface area contributed by atoms with E-state index in [1.807, 2.05) is 30.3 Å². The molecule has 1 saturated heterocycles. The highest BCUT2D eigenvalue weighted by Crippen LogP contribution is 2.32. The van der Waals surface area contributed by atoms with Gasteiger partial charge in [0.2, 0.25) is 11.8 Å². The molecule has 0 atom stereocenters. The van der Waals surface area contributed by atoms with Crippen LogP contribution in [0.5, 0.6) is 0 Å². The topological polar surface area (TPSA) is 49.4 Å². The number of halogens is 4. The highest BCUT2D eigenvalue weighted by Gasteiger charge is 2.34. The van der Waals surface area contributed by atoms with Gasteiger partial charge >= 0.3 is 6.18 Å². The van der Waals surface area contributed by atoms with Crippen LogP contribution in [0.2, 0.25) is 0 Å². The molecule has 0 spiro atoms. The quantitative estimate of drug-likeness (QED) is 0.560. The van der Waals surface area contributed by atoms with Gasteiger partial charge in [-0.1, -0.05) is 36.4 Å². The molecule has 0 saturated carbocycles. The Labute approximate surface area is 177 Å². The van der Waals surface area contributed by atoms with Gasteiger partial charge in [-0.05, 0) is 42.2 Å². The Morgan fingerprint density at radius 1 is 1.06 bits per heavy atom. The molecule has 0 unspecified atom stereocenters. The fourth-order valence-electron chi connectivity index (χ4n) is 3.49. The van der Waals surface area contributed by atoms with Gasteiger partial charge in [0.15, 0.2) is 0 Å². The lowest BCUT2D eigenvalue weighted by molar-refractivity contribution is -0.138. The van der Waals surface area contributed by atoms with Crippen LogP contribution in [-0.2, 0) is 22.3 Å². The summed E-state index contributed by atoms with van der Waals surface area (Å²) in [7, 11) is 0. The number of nitrogens with zero attached hydrogens (tertiary/aromatic N) is 1. The van der Waals surface area contributed by atoms with Crippen LogP contribution in [0.15, 0.2) is 54.6 Å². The highest BCUT2D eigenvalue weighted by atomic mass is 19.4. The number of nitrogens with one attached hydrogen (secondary N) is 1. The number of likely N-dealkylation sites (tertiary alicyclic amines) is 1. The molecular weight excluding hydrogens is 412 g/mol. The molecule has 3 rings (SSSR count). The minimum absolute atomic E-state index is 0.149. The summed E-state index contributed by atoms with van der Waals surface area (Å²) in [5.74, 6) is -1.90. The molecule has 2 aromatic rings. The van der Waals surface area contributed by atoms with Gasteiger partial charge in [-0.25, -0.2) is 4.39 Å². The lowest BCUT2D eigenvalue weighted by Gasteiger charge is -2.30. The van der Waals surface area contributed by atoms with Crippen LogP contribution >= 0.6 is 0 Å². The Morgan fingerprint density at radius 2 is 1.74 bits per heavy atom. The zero-order valence-corrected chi connectivity index (χ0v) is 16.7. The van der Waals surface area contributed by atoms with E-state index in [-0.39, 0.29) is 23.9 Å². The van der Waals surface area contributed by atoms with Gasteiger partial charge in [0, 0.05) is 31.6 Å². The van der Waals surface area contributed by atoms with Crippen LogP contribution in [0.3, 0.4) is 0 Å². The zero-order valence-electron chi connectivity index (χ0n) is 16.7. The van der Waals surface area contributed by atoms with E-state index in [0.29, 0.717) is 32.0 Å². The van der Waals surface area contributed by atoms with Gasteiger partial charge < -0.3 is 10.2 Å². The van der Waals surface area contributed by atoms with Crippen molar-refractivity contribution >= 4 is 17.9 Å². The maximum atomic E-state index is 13.2. The van der Waals surface area contributed by atoms with Gasteiger partial charge in [0.1, 0.15) is 5.82 Å². The van der Waals surface area contributed by atoms with E-state index in [4.69, 9.17) is 0 Å². The van der Waals surface area contributed by atoms with E-state index in [2.05, 4.69) is 5.32 Å². The molecule has 0 bridgehead atoms. The predicted molar refractivity (Wildman–Crippen MR) is 108 cm³/mol. The maximum absolute atomic E-state index is 13.2. The predicted octanol–water partition coefficient (Wildman–Crippen LogP) is 4.41. The molecule has 1 fully saturated rings. The molecule has 1 aliphatic rings. The van der Waals surface area contributed by atoms with Crippen LogP contribution in [0, 0.1) is 11.7 Å². The van der Waals surface area contributed by atoms with Crippen molar-refractivity contribution in [1.82, 2.24) is 10.2 Å². The summed E-state index contributed by atoms with van der Waals surface area (Å²) >= 11 is 0. The maximum Gasteiger partial charge on any atom is 0.416 e. The Morgan fingerprint density at radius 3 is 2.39 bits per heavy atom. The van der Waals surface area contributed by atoms with Gasteiger partial charge in [-0.15, -0.1) is 0 Å². The average molecular weight is 434 g/mol. The molecule has 1 aliphatic heterocycles. The number of benzene rings is 2. The third kappa shape index (κ3) is 6.16. The molecular formula is C23H22F4N2O2. The van der Waals surface area contributed by atoms with Crippen LogP contribution < -0.4 is 5.32 Å². The van der Waals surface area contributed by atoms with Crippen LogP contribution in [-0.4, -0.2) is 29.8 Å². The van der Waals surface area contributed by atoms with E-state index in [1.54, 1.807) is 11.0 Å². The van der Waals surface area contributed by atoms with Gasteiger partial charge in [0.25, 0.3) is 0 Å². The van der Waals surface area contributed by atoms with E-state index < -0.39 is 23.5 Å². The van der Waals surface area contributed by atoms with Crippen molar-refractivity contribution < 1.29 is 27.2 Å². The molecule has 8 heteroatoms. The largest absolute Gasteiger partial charge is 0.416 e. The van der Waals surface area contributed by atoms with E-state index >= 15 is 0 Å². The molecule has 0 aliphatic carbocycles. The lowest BCUT2D eigenvalue weighted by Crippen LogP contribution is -2.42. The third-order valence-electron chi connectivity index (χ3n) is 5.23. The summed E-state index contributed by atoms with van der Waals surface area (Å²) in [5.41, 5.74) is -0.386. The number of carbonyl (C=O) groups is 2. The van der Waals surface area contributed by atoms with Gasteiger partial charge in [-0.2, -0.15) is 13.2 Å². The van der Waals surface area contributed by atoms with Crippen LogP contribution in [0.4, 0.5) is 17.6 Å². The number of alkyl halides is 3. The summed E-state index contributed by atoms with van der Waals surface area (Å²) in [6.07, 6.45) is -0.648. The van der Waals surface area contributed by atoms with Crippen LogP contribution in [0.25, 0.3) is 6.08 Å². The summed E-state index contributed by atoms with van der Waals surface area (Å²) in [4.78, 5) is 26.4. The van der Waals surface area contributed by atoms with Crippen molar-refractivity contribution in [3.05, 3.63) is 77.1 Å². The fourth-order valence-corrected chi connectivity index (χ4v) is 3.49. The average Bonchev–Trinajstić information content (AvgIpc) is 2.76. The summed E-state index contributed by atoms with van der Waals surface area (Å²) in [5, 5.41) is 2.51. The second-order valence-corrected chi connectivity index (χ2v) is 7.36. The Kier molecular flexibility index (Phi) is 7.09. The molecule has 31 heavy (non-hydrogen) atoms. The lowest BCUT2D eigenvalue weighted by atomic mass is 9.95. The van der Waals surface area contributed by atoms with E-state index in [9.17, 15) is 27.2 Å². The second-order valence-electron chi connectivity index (χ2n) is 7.36. The SMILES string of the molecule is O=C(NCc1ccc(F)cc1C(F)(F)F)C1CCN(C(=O)/C=C/c2ccccc2)CC1. The first-order valence-corrected chi connectivity index (χ1v) is 9.89. The monoisotopic (exact) mass is 434 g/mol. The van der Waals surface area contributed by atoms with Crippen molar-refractivity contribution in [2.45, 2.75) is 25.6 Å². The Bertz CT molecular complexity index is 950. The standard InChI is InChI=1S/C23H22F4N2O2/c24-19-8-7-18(20(14-19)23(25,26)27)15-28-22(31)17-10-12-29(13-11-17)21(30)9-6-16-4-2-1-3-5-16/h1-9,14,17H,10-13,15H2,(H,28,31)/b9-6+. The molecule has 1 N–H and O–H groups in total. The molecule has 0 aromatic heterocycles. The second kappa shape index (κ2) is 9.76. The zero-order chi connectivity index (χ0) is 22.4. The molecule has 1 heterocycles. The Balaban J connectivity index is 1.51. The van der Waals surface area contributed by atoms with Crippen molar-refractivity contribution in [3.8, 4) is 0 Å². The van der Waals surface area contributed by atoms with Crippen molar-refractivity contribution in [2.75, 3.05) is 13.1 Å². The number of hydrogen-bond donors (Lipinski definition) is 1. The van der Waals surface area contributed by atoms with Gasteiger partial charge in [0.05, 0.1) is 5.56 Å². The van der Waals surface area contributed by atoms with Gasteiger partial charge in [-0.3, -0.25) is 9.59 Å². The molecule has 164 valence electrons. The van der Waals surface area contributed by atoms with Crippen molar-refractivity contribution in [2.24, 2.45) is 5.92 Å². The minimum Gasteiger partial charge on any atom is -0.352 e. The van der Waals surface area contributed by atoms with E-state index in [1.165, 1.54) is 6.08 Å². The van der Waals surface area contributed by atoms with Crippen molar-refractivity contribution in [3.63, 3.8) is 0 Å². The smallest absolute Gasteiger partial charge is 0.352 e. The normalized spacial score (nSPS) is 15.3. The molecule has 2 aromatic carbocycles. The fraction of sp³-hybridized carbons (Fsp3) is 0.304. The number of carbonyl (C=O) groups excluding carboxylic acids is 2. The minimum atomic E-state index is -4.71. The number of rotatable bonds is 5. The molecule has 0 radical (unpaired) electrons. The first-order chi connectivity index (χ1) is 14.7. The summed E-state index contributed by atoms with van der Waals surface area (Å²) in [6.45, 7) is 0.438. The number of piperidine rings is 1. The molecule has 4 nitrogen and oxygen atoms in total. The highest BCUT2D eigenvalue weighted by molar-refractivity contribution is 5.92. The third-order valence-corrected chi connectivity index (χ3v) is 5.23. The first kappa shape index (κ1) is 22.5. The summed E-state index contributed by atoms with van der Waals surface area (Å²) in [6, 6.07) is 11.8. The van der Waals surface area contributed by atoms with Crippen molar-refractivity contribution in [1.29, 1.82) is 0 Å². The van der Waals surface area contributed by atoms with E-state index in [0.717, 1.165) is 17.7 Å². The van der Waals surface area contributed by atoms with Crippen LogP contribution in [0.1, 0.15) is 29.5 Å². The summed E-state index contributed by atoms with van der Waals surface area (Å²) < 4.78 is 52.4. The Hall–Kier alpha value is -3.16. The number of hydrogen-bond acceptors (Lipinski definition) is 2. The first-order valence-electron chi connectivity index (χ1n) is 9.89.